The first kappa shape index (κ1) is 18.1. The highest BCUT2D eigenvalue weighted by atomic mass is 32.2. The molecule has 1 N–H and O–H groups in total. The van der Waals surface area contributed by atoms with E-state index in [1.165, 1.54) is 0 Å². The Balaban J connectivity index is 1.75. The number of aromatic nitrogens is 3. The zero-order valence-corrected chi connectivity index (χ0v) is 15.8. The standard InChI is InChI=1S/C18H26N4O2S/c1-18(2,3)14-6-4-9-17(10-14)25(23,24)21-15-7-5-8-16(11-15)22-12-19-20-13-22/h4,6,9-10,12-13,15-16,21H,5,7-8,11H2,1-3H3. The first-order valence-electron chi connectivity index (χ1n) is 8.73. The molecule has 1 heterocycles. The lowest BCUT2D eigenvalue weighted by molar-refractivity contribution is 0.305. The molecule has 1 aromatic heterocycles. The van der Waals surface area contributed by atoms with E-state index < -0.39 is 10.0 Å². The minimum Gasteiger partial charge on any atom is -0.317 e. The van der Waals surface area contributed by atoms with E-state index in [0.717, 1.165) is 31.2 Å². The maximum atomic E-state index is 12.8. The van der Waals surface area contributed by atoms with Gasteiger partial charge < -0.3 is 4.57 Å². The Hall–Kier alpha value is -1.73. The lowest BCUT2D eigenvalue weighted by Gasteiger charge is -2.30. The van der Waals surface area contributed by atoms with Crippen LogP contribution < -0.4 is 4.72 Å². The van der Waals surface area contributed by atoms with Crippen molar-refractivity contribution in [2.75, 3.05) is 0 Å². The summed E-state index contributed by atoms with van der Waals surface area (Å²) in [7, 11) is -3.53. The average Bonchev–Trinajstić information content (AvgIpc) is 3.08. The number of hydrogen-bond donors (Lipinski definition) is 1. The molecule has 2 unspecified atom stereocenters. The molecule has 0 saturated heterocycles. The van der Waals surface area contributed by atoms with Crippen LogP contribution in [0.5, 0.6) is 0 Å². The van der Waals surface area contributed by atoms with Gasteiger partial charge in [-0.1, -0.05) is 32.9 Å². The van der Waals surface area contributed by atoms with Crippen molar-refractivity contribution in [3.8, 4) is 0 Å². The van der Waals surface area contributed by atoms with Crippen LogP contribution in [0.25, 0.3) is 0 Å². The summed E-state index contributed by atoms with van der Waals surface area (Å²) < 4.78 is 30.5. The van der Waals surface area contributed by atoms with Gasteiger partial charge in [-0.2, -0.15) is 0 Å². The molecule has 3 rings (SSSR count). The van der Waals surface area contributed by atoms with E-state index in [9.17, 15) is 8.42 Å². The first-order chi connectivity index (χ1) is 11.8. The zero-order chi connectivity index (χ0) is 18.1. The number of sulfonamides is 1. The molecule has 0 aliphatic heterocycles. The van der Waals surface area contributed by atoms with E-state index in [-0.39, 0.29) is 17.5 Å². The summed E-state index contributed by atoms with van der Waals surface area (Å²) in [6, 6.07) is 7.42. The molecule has 25 heavy (non-hydrogen) atoms. The third-order valence-electron chi connectivity index (χ3n) is 4.84. The van der Waals surface area contributed by atoms with Gasteiger partial charge in [0.2, 0.25) is 10.0 Å². The molecule has 0 amide bonds. The molecule has 0 spiro atoms. The lowest BCUT2D eigenvalue weighted by atomic mass is 9.87. The number of nitrogens with one attached hydrogen (secondary N) is 1. The fraction of sp³-hybridized carbons (Fsp3) is 0.556. The highest BCUT2D eigenvalue weighted by Gasteiger charge is 2.28. The largest absolute Gasteiger partial charge is 0.317 e. The molecule has 136 valence electrons. The number of hydrogen-bond acceptors (Lipinski definition) is 4. The predicted molar refractivity (Wildman–Crippen MR) is 96.8 cm³/mol. The third kappa shape index (κ3) is 4.27. The van der Waals surface area contributed by atoms with Gasteiger partial charge in [-0.25, -0.2) is 13.1 Å². The second-order valence-electron chi connectivity index (χ2n) is 7.83. The number of rotatable bonds is 4. The van der Waals surface area contributed by atoms with Gasteiger partial charge in [-0.05, 0) is 48.8 Å². The van der Waals surface area contributed by atoms with Crippen LogP contribution in [0.15, 0.2) is 41.8 Å². The van der Waals surface area contributed by atoms with Crippen molar-refractivity contribution in [3.63, 3.8) is 0 Å². The molecule has 2 aromatic rings. The molecule has 1 saturated carbocycles. The van der Waals surface area contributed by atoms with Gasteiger partial charge in [0.15, 0.2) is 0 Å². The maximum absolute atomic E-state index is 12.8. The second kappa shape index (κ2) is 6.88. The Kier molecular flexibility index (Phi) is 4.97. The van der Waals surface area contributed by atoms with Crippen LogP contribution in [0.1, 0.15) is 58.1 Å². The number of benzene rings is 1. The van der Waals surface area contributed by atoms with Crippen molar-refractivity contribution in [2.24, 2.45) is 0 Å². The quantitative estimate of drug-likeness (QED) is 0.907. The van der Waals surface area contributed by atoms with Crippen LogP contribution in [0.3, 0.4) is 0 Å². The van der Waals surface area contributed by atoms with Crippen LogP contribution in [0, 0.1) is 0 Å². The summed E-state index contributed by atoms with van der Waals surface area (Å²) in [5, 5.41) is 7.70. The molecule has 0 bridgehead atoms. The Morgan fingerprint density at radius 3 is 2.56 bits per heavy atom. The summed E-state index contributed by atoms with van der Waals surface area (Å²) in [5.41, 5.74) is 0.928. The molecule has 0 radical (unpaired) electrons. The van der Waals surface area contributed by atoms with E-state index in [0.29, 0.717) is 4.90 Å². The van der Waals surface area contributed by atoms with Crippen LogP contribution >= 0.6 is 0 Å². The Morgan fingerprint density at radius 2 is 1.88 bits per heavy atom. The molecule has 1 aromatic carbocycles. The Bertz CT molecular complexity index is 810. The molecular weight excluding hydrogens is 336 g/mol. The van der Waals surface area contributed by atoms with E-state index >= 15 is 0 Å². The Labute approximate surface area is 149 Å². The zero-order valence-electron chi connectivity index (χ0n) is 15.0. The van der Waals surface area contributed by atoms with Gasteiger partial charge in [-0.15, -0.1) is 10.2 Å². The lowest BCUT2D eigenvalue weighted by Crippen LogP contribution is -2.38. The van der Waals surface area contributed by atoms with E-state index in [1.807, 2.05) is 16.7 Å². The molecule has 2 atom stereocenters. The fourth-order valence-electron chi connectivity index (χ4n) is 3.36. The molecule has 1 fully saturated rings. The van der Waals surface area contributed by atoms with Gasteiger partial charge in [-0.3, -0.25) is 0 Å². The SMILES string of the molecule is CC(C)(C)c1cccc(S(=O)(=O)NC2CCCC(n3cnnc3)C2)c1. The highest BCUT2D eigenvalue weighted by molar-refractivity contribution is 7.89. The molecular formula is C18H26N4O2S. The normalized spacial score (nSPS) is 22.0. The number of nitrogens with zero attached hydrogens (tertiary/aromatic N) is 3. The summed E-state index contributed by atoms with van der Waals surface area (Å²) >= 11 is 0. The van der Waals surface area contributed by atoms with E-state index in [2.05, 4.69) is 35.7 Å². The molecule has 7 heteroatoms. The van der Waals surface area contributed by atoms with Crippen molar-refractivity contribution in [2.45, 2.75) is 68.8 Å². The highest BCUT2D eigenvalue weighted by Crippen LogP contribution is 2.29. The van der Waals surface area contributed by atoms with Crippen LogP contribution in [-0.4, -0.2) is 29.2 Å². The van der Waals surface area contributed by atoms with Crippen LogP contribution in [0.4, 0.5) is 0 Å². The second-order valence-corrected chi connectivity index (χ2v) is 9.54. The van der Waals surface area contributed by atoms with Gasteiger partial charge in [0.25, 0.3) is 0 Å². The average molecular weight is 362 g/mol. The van der Waals surface area contributed by atoms with Crippen molar-refractivity contribution in [1.82, 2.24) is 19.5 Å². The summed E-state index contributed by atoms with van der Waals surface area (Å²) in [6.45, 7) is 6.24. The fourth-order valence-corrected chi connectivity index (χ4v) is 4.69. The maximum Gasteiger partial charge on any atom is 0.240 e. The van der Waals surface area contributed by atoms with Gasteiger partial charge in [0.1, 0.15) is 12.7 Å². The van der Waals surface area contributed by atoms with E-state index in [4.69, 9.17) is 0 Å². The first-order valence-corrected chi connectivity index (χ1v) is 10.2. The van der Waals surface area contributed by atoms with Crippen LogP contribution in [-0.2, 0) is 15.4 Å². The monoisotopic (exact) mass is 362 g/mol. The van der Waals surface area contributed by atoms with Crippen LogP contribution in [0.2, 0.25) is 0 Å². The van der Waals surface area contributed by atoms with Gasteiger partial charge >= 0.3 is 0 Å². The van der Waals surface area contributed by atoms with Gasteiger partial charge in [0, 0.05) is 12.1 Å². The molecule has 1 aliphatic rings. The predicted octanol–water partition coefficient (Wildman–Crippen LogP) is 3.04. The van der Waals surface area contributed by atoms with Crippen molar-refractivity contribution >= 4 is 10.0 Å². The summed E-state index contributed by atoms with van der Waals surface area (Å²) in [6.07, 6.45) is 7.03. The Morgan fingerprint density at radius 1 is 1.16 bits per heavy atom. The van der Waals surface area contributed by atoms with Crippen molar-refractivity contribution in [1.29, 1.82) is 0 Å². The topological polar surface area (TPSA) is 76.9 Å². The van der Waals surface area contributed by atoms with Crippen molar-refractivity contribution < 1.29 is 8.42 Å². The molecule has 6 nitrogen and oxygen atoms in total. The summed E-state index contributed by atoms with van der Waals surface area (Å²) in [5.74, 6) is 0. The third-order valence-corrected chi connectivity index (χ3v) is 6.36. The summed E-state index contributed by atoms with van der Waals surface area (Å²) in [4.78, 5) is 0.339. The smallest absolute Gasteiger partial charge is 0.240 e. The minimum atomic E-state index is -3.53. The van der Waals surface area contributed by atoms with Crippen molar-refractivity contribution in [3.05, 3.63) is 42.5 Å². The van der Waals surface area contributed by atoms with E-state index in [1.54, 1.807) is 24.8 Å². The van der Waals surface area contributed by atoms with Gasteiger partial charge in [0.05, 0.1) is 4.90 Å². The minimum absolute atomic E-state index is 0.0653. The molecule has 1 aliphatic carbocycles.